The number of H-pyrrole nitrogens is 1. The standard InChI is InChI=1S/C3H4N2O2.C3H4N2S.H2/c1-2-4-3(6)7-5-2;1-3-5-4-2-6-3;/h1H3,(H,4,5,6);2H,1H3;1H. The molecule has 2 rings (SSSR count). The highest BCUT2D eigenvalue weighted by atomic mass is 32.1. The quantitative estimate of drug-likeness (QED) is 0.681. The van der Waals surface area contributed by atoms with Crippen molar-refractivity contribution < 1.29 is 5.95 Å². The summed E-state index contributed by atoms with van der Waals surface area (Å²) >= 11 is 1.56. The molecule has 0 aliphatic heterocycles. The van der Waals surface area contributed by atoms with Gasteiger partial charge in [0.25, 0.3) is 0 Å². The lowest BCUT2D eigenvalue weighted by Crippen LogP contribution is -1.93. The van der Waals surface area contributed by atoms with E-state index < -0.39 is 5.76 Å². The van der Waals surface area contributed by atoms with Crippen LogP contribution >= 0.6 is 11.3 Å². The Labute approximate surface area is 79.1 Å². The summed E-state index contributed by atoms with van der Waals surface area (Å²) in [6.45, 7) is 3.57. The lowest BCUT2D eigenvalue weighted by atomic mass is 10.8. The molecule has 7 heteroatoms. The van der Waals surface area contributed by atoms with Gasteiger partial charge in [0.1, 0.15) is 16.3 Å². The maximum absolute atomic E-state index is 10.0. The molecular weight excluding hydrogens is 192 g/mol. The normalized spacial score (nSPS) is 9.08. The van der Waals surface area contributed by atoms with Crippen molar-refractivity contribution in [2.45, 2.75) is 13.8 Å². The second kappa shape index (κ2) is 4.51. The van der Waals surface area contributed by atoms with E-state index in [1.54, 1.807) is 23.8 Å². The minimum absolute atomic E-state index is 0. The van der Waals surface area contributed by atoms with Crippen LogP contribution in [0.25, 0.3) is 0 Å². The van der Waals surface area contributed by atoms with Crippen molar-refractivity contribution >= 4 is 11.3 Å². The molecule has 0 aliphatic carbocycles. The van der Waals surface area contributed by atoms with Crippen molar-refractivity contribution in [3.63, 3.8) is 0 Å². The number of nitrogens with one attached hydrogen (secondary N) is 1. The van der Waals surface area contributed by atoms with E-state index in [-0.39, 0.29) is 1.43 Å². The second-order valence-electron chi connectivity index (χ2n) is 2.14. The lowest BCUT2D eigenvalue weighted by Gasteiger charge is -1.62. The lowest BCUT2D eigenvalue weighted by molar-refractivity contribution is 0.383. The summed E-state index contributed by atoms with van der Waals surface area (Å²) in [7, 11) is 0. The highest BCUT2D eigenvalue weighted by Crippen LogP contribution is 1.94. The summed E-state index contributed by atoms with van der Waals surface area (Å²) in [6, 6.07) is 0. The van der Waals surface area contributed by atoms with Crippen LogP contribution in [-0.2, 0) is 0 Å². The van der Waals surface area contributed by atoms with Gasteiger partial charge in [-0.15, -0.1) is 21.5 Å². The third-order valence-corrected chi connectivity index (χ3v) is 1.64. The van der Waals surface area contributed by atoms with Crippen molar-refractivity contribution in [1.82, 2.24) is 20.3 Å². The Morgan fingerprint density at radius 1 is 1.62 bits per heavy atom. The first-order chi connectivity index (χ1) is 6.18. The number of rotatable bonds is 0. The topological polar surface area (TPSA) is 84.7 Å². The first-order valence-electron chi connectivity index (χ1n) is 3.44. The molecule has 0 amide bonds. The Balaban J connectivity index is 0.000000227. The molecule has 0 unspecified atom stereocenters. The molecule has 2 heterocycles. The Morgan fingerprint density at radius 3 is 2.54 bits per heavy atom. The van der Waals surface area contributed by atoms with Gasteiger partial charge in [-0.25, -0.2) is 4.79 Å². The maximum Gasteiger partial charge on any atom is 0.438 e. The van der Waals surface area contributed by atoms with Crippen molar-refractivity contribution in [2.75, 3.05) is 0 Å². The highest BCUT2D eigenvalue weighted by molar-refractivity contribution is 7.09. The van der Waals surface area contributed by atoms with Crippen LogP contribution in [0.4, 0.5) is 0 Å². The molecule has 1 N–H and O–H groups in total. The Morgan fingerprint density at radius 2 is 2.38 bits per heavy atom. The second-order valence-corrected chi connectivity index (χ2v) is 3.18. The van der Waals surface area contributed by atoms with E-state index >= 15 is 0 Å². The van der Waals surface area contributed by atoms with E-state index in [1.807, 2.05) is 6.92 Å². The van der Waals surface area contributed by atoms with Gasteiger partial charge in [-0.2, -0.15) is 0 Å². The van der Waals surface area contributed by atoms with Gasteiger partial charge in [0.15, 0.2) is 0 Å². The molecule has 0 fully saturated rings. The van der Waals surface area contributed by atoms with E-state index in [1.165, 1.54) is 0 Å². The minimum atomic E-state index is -0.502. The predicted molar refractivity (Wildman–Crippen MR) is 48.6 cm³/mol. The van der Waals surface area contributed by atoms with Gasteiger partial charge in [-0.1, -0.05) is 5.16 Å². The molecule has 0 aromatic carbocycles. The smallest absolute Gasteiger partial charge is 0.296 e. The summed E-state index contributed by atoms with van der Waals surface area (Å²) in [6.07, 6.45) is 0. The van der Waals surface area contributed by atoms with Crippen LogP contribution in [0.2, 0.25) is 0 Å². The molecule has 0 aliphatic rings. The highest BCUT2D eigenvalue weighted by Gasteiger charge is 1.86. The molecule has 0 spiro atoms. The van der Waals surface area contributed by atoms with Gasteiger partial charge >= 0.3 is 5.76 Å². The van der Waals surface area contributed by atoms with Crippen LogP contribution < -0.4 is 5.76 Å². The first kappa shape index (κ1) is 9.59. The van der Waals surface area contributed by atoms with Gasteiger partial charge in [0, 0.05) is 1.43 Å². The van der Waals surface area contributed by atoms with Crippen LogP contribution in [0.5, 0.6) is 0 Å². The third kappa shape index (κ3) is 3.61. The van der Waals surface area contributed by atoms with Crippen LogP contribution in [0.3, 0.4) is 0 Å². The molecule has 6 nitrogen and oxygen atoms in total. The van der Waals surface area contributed by atoms with Crippen molar-refractivity contribution in [1.29, 1.82) is 0 Å². The SMILES string of the molecule is Cc1nncs1.Cc1noc(=O)[nH]1.[HH]. The first-order valence-corrected chi connectivity index (χ1v) is 4.32. The summed E-state index contributed by atoms with van der Waals surface area (Å²) in [4.78, 5) is 12.3. The van der Waals surface area contributed by atoms with E-state index in [2.05, 4.69) is 24.9 Å². The van der Waals surface area contributed by atoms with Gasteiger partial charge in [-0.3, -0.25) is 9.51 Å². The Hall–Kier alpha value is -1.50. The largest absolute Gasteiger partial charge is 0.438 e. The van der Waals surface area contributed by atoms with E-state index in [9.17, 15) is 4.79 Å². The third-order valence-electron chi connectivity index (χ3n) is 1.02. The van der Waals surface area contributed by atoms with Gasteiger partial charge in [0.05, 0.1) is 0 Å². The number of nitrogens with zero attached hydrogens (tertiary/aromatic N) is 3. The average molecular weight is 202 g/mol. The summed E-state index contributed by atoms with van der Waals surface area (Å²) in [5.74, 6) is 0.00231. The fourth-order valence-corrected chi connectivity index (χ4v) is 0.873. The molecule has 13 heavy (non-hydrogen) atoms. The van der Waals surface area contributed by atoms with Crippen LogP contribution in [-0.4, -0.2) is 20.3 Å². The summed E-state index contributed by atoms with van der Waals surface area (Å²) < 4.78 is 4.10. The molecule has 0 saturated heterocycles. The number of hydrogen-bond donors (Lipinski definition) is 1. The maximum atomic E-state index is 10.0. The predicted octanol–water partition coefficient (Wildman–Crippen LogP) is 0.764. The Kier molecular flexibility index (Phi) is 3.32. The van der Waals surface area contributed by atoms with Crippen LogP contribution in [0.15, 0.2) is 14.8 Å². The van der Waals surface area contributed by atoms with E-state index in [0.29, 0.717) is 5.82 Å². The molecule has 2 aromatic heterocycles. The van der Waals surface area contributed by atoms with Crippen LogP contribution in [0, 0.1) is 13.8 Å². The van der Waals surface area contributed by atoms with Crippen LogP contribution in [0.1, 0.15) is 12.3 Å². The monoisotopic (exact) mass is 202 g/mol. The zero-order valence-electron chi connectivity index (χ0n) is 7.14. The molecule has 72 valence electrons. The fraction of sp³-hybridized carbons (Fsp3) is 0.333. The molecule has 0 radical (unpaired) electrons. The van der Waals surface area contributed by atoms with E-state index in [4.69, 9.17) is 0 Å². The fourth-order valence-electron chi connectivity index (χ4n) is 0.532. The van der Waals surface area contributed by atoms with Crippen molar-refractivity contribution in [3.8, 4) is 0 Å². The number of aromatic nitrogens is 4. The Bertz CT molecular complexity index is 396. The number of aryl methyl sites for hydroxylation is 2. The summed E-state index contributed by atoms with van der Waals surface area (Å²) in [5.41, 5.74) is 1.72. The zero-order chi connectivity index (χ0) is 9.68. The number of aromatic amines is 1. The molecule has 0 saturated carbocycles. The molecule has 0 bridgehead atoms. The molecular formula is C6H10N4O2S. The average Bonchev–Trinajstić information content (AvgIpc) is 2.64. The van der Waals surface area contributed by atoms with Gasteiger partial charge in [-0.05, 0) is 13.8 Å². The zero-order valence-corrected chi connectivity index (χ0v) is 7.96. The van der Waals surface area contributed by atoms with Gasteiger partial charge in [0.2, 0.25) is 0 Å². The van der Waals surface area contributed by atoms with Crippen molar-refractivity contribution in [2.24, 2.45) is 0 Å². The van der Waals surface area contributed by atoms with E-state index in [0.717, 1.165) is 5.01 Å². The minimum Gasteiger partial charge on any atom is -0.296 e. The molecule has 0 atom stereocenters. The summed E-state index contributed by atoms with van der Waals surface area (Å²) in [5, 5.41) is 11.6. The number of hydrogen-bond acceptors (Lipinski definition) is 6. The van der Waals surface area contributed by atoms with Gasteiger partial charge < -0.3 is 0 Å². The van der Waals surface area contributed by atoms with Crippen molar-refractivity contribution in [3.05, 3.63) is 26.9 Å². The molecule has 2 aromatic rings.